The number of ether oxygens (including phenoxy) is 4. The molecule has 0 aliphatic heterocycles. The molecule has 0 fully saturated rings. The number of benzene rings is 1. The molecule has 0 aliphatic rings. The zero-order valence-corrected chi connectivity index (χ0v) is 15.0. The minimum atomic E-state index is -0.690. The van der Waals surface area contributed by atoms with Crippen LogP contribution >= 0.6 is 0 Å². The van der Waals surface area contributed by atoms with Crippen LogP contribution in [-0.4, -0.2) is 37.9 Å². The molecule has 1 aromatic carbocycles. The molecule has 8 heteroatoms. The molecule has 0 radical (unpaired) electrons. The van der Waals surface area contributed by atoms with Crippen molar-refractivity contribution < 1.29 is 33.3 Å². The van der Waals surface area contributed by atoms with Gasteiger partial charge in [-0.25, -0.2) is 4.79 Å². The summed E-state index contributed by atoms with van der Waals surface area (Å²) < 4.78 is 19.9. The monoisotopic (exact) mass is 353 g/mol. The average Bonchev–Trinajstić information content (AvgIpc) is 2.52. The Bertz CT molecular complexity index is 634. The maximum Gasteiger partial charge on any atom is 0.412 e. The molecule has 0 heterocycles. The van der Waals surface area contributed by atoms with Gasteiger partial charge in [-0.1, -0.05) is 0 Å². The number of nitrogens with one attached hydrogen (secondary N) is 1. The van der Waals surface area contributed by atoms with E-state index in [2.05, 4.69) is 10.1 Å². The van der Waals surface area contributed by atoms with E-state index < -0.39 is 23.6 Å². The molecule has 8 nitrogen and oxygen atoms in total. The van der Waals surface area contributed by atoms with Gasteiger partial charge < -0.3 is 18.9 Å². The van der Waals surface area contributed by atoms with Gasteiger partial charge in [0.15, 0.2) is 5.75 Å². The molecule has 0 saturated heterocycles. The lowest BCUT2D eigenvalue weighted by atomic mass is 10.2. The number of methoxy groups -OCH3 is 2. The van der Waals surface area contributed by atoms with Crippen LogP contribution in [-0.2, 0) is 19.1 Å². The molecule has 1 aromatic rings. The van der Waals surface area contributed by atoms with Crippen molar-refractivity contribution in [3.8, 4) is 11.5 Å². The maximum atomic E-state index is 11.9. The number of hydrogen-bond donors (Lipinski definition) is 1. The van der Waals surface area contributed by atoms with E-state index >= 15 is 0 Å². The fraction of sp³-hybridized carbons (Fsp3) is 0.471. The Hall–Kier alpha value is -2.77. The fourth-order valence-corrected chi connectivity index (χ4v) is 1.71. The molecule has 0 bridgehead atoms. The molecule has 1 rings (SSSR count). The third kappa shape index (κ3) is 7.56. The summed E-state index contributed by atoms with van der Waals surface area (Å²) in [5, 5.41) is 2.51. The Morgan fingerprint density at radius 1 is 1.04 bits per heavy atom. The summed E-state index contributed by atoms with van der Waals surface area (Å²) in [6.45, 7) is 5.19. The van der Waals surface area contributed by atoms with Crippen molar-refractivity contribution in [3.05, 3.63) is 18.2 Å². The predicted octanol–water partition coefficient (Wildman–Crippen LogP) is 2.90. The number of carbonyl (C=O) groups excluding carboxylic acids is 3. The normalized spacial score (nSPS) is 10.6. The van der Waals surface area contributed by atoms with Crippen LogP contribution in [0.15, 0.2) is 18.2 Å². The zero-order chi connectivity index (χ0) is 19.0. The van der Waals surface area contributed by atoms with E-state index in [0.29, 0.717) is 5.75 Å². The summed E-state index contributed by atoms with van der Waals surface area (Å²) in [6.07, 6.45) is -0.950. The number of amides is 1. The number of rotatable bonds is 6. The van der Waals surface area contributed by atoms with Crippen LogP contribution in [0.2, 0.25) is 0 Å². The van der Waals surface area contributed by atoms with Gasteiger partial charge in [0.05, 0.1) is 32.7 Å². The molecular weight excluding hydrogens is 330 g/mol. The fourth-order valence-electron chi connectivity index (χ4n) is 1.71. The Balaban J connectivity index is 2.86. The van der Waals surface area contributed by atoms with Gasteiger partial charge in [0.2, 0.25) is 0 Å². The molecule has 0 atom stereocenters. The summed E-state index contributed by atoms with van der Waals surface area (Å²) in [7, 11) is 2.69. The molecule has 1 N–H and O–H groups in total. The summed E-state index contributed by atoms with van der Waals surface area (Å²) >= 11 is 0. The Kier molecular flexibility index (Phi) is 7.22. The van der Waals surface area contributed by atoms with Crippen LogP contribution in [0.25, 0.3) is 0 Å². The molecule has 0 unspecified atom stereocenters. The topological polar surface area (TPSA) is 100 Å². The van der Waals surface area contributed by atoms with Crippen molar-refractivity contribution in [1.82, 2.24) is 0 Å². The van der Waals surface area contributed by atoms with E-state index in [0.717, 1.165) is 0 Å². The molecule has 0 aliphatic carbocycles. The van der Waals surface area contributed by atoms with Crippen LogP contribution in [0.5, 0.6) is 11.5 Å². The van der Waals surface area contributed by atoms with Crippen LogP contribution < -0.4 is 14.8 Å². The lowest BCUT2D eigenvalue weighted by molar-refractivity contribution is -0.144. The summed E-state index contributed by atoms with van der Waals surface area (Å²) in [5.41, 5.74) is -0.435. The quantitative estimate of drug-likeness (QED) is 0.620. The SMILES string of the molecule is COC(=O)CCC(=O)Oc1cc(OC)ccc1NC(=O)OC(C)(C)C. The van der Waals surface area contributed by atoms with Gasteiger partial charge in [-0.2, -0.15) is 0 Å². The third-order valence-electron chi connectivity index (χ3n) is 2.81. The second-order valence-electron chi connectivity index (χ2n) is 6.04. The molecule has 138 valence electrons. The van der Waals surface area contributed by atoms with E-state index in [4.69, 9.17) is 14.2 Å². The van der Waals surface area contributed by atoms with E-state index in [-0.39, 0.29) is 24.3 Å². The second-order valence-corrected chi connectivity index (χ2v) is 6.04. The van der Waals surface area contributed by atoms with E-state index in [1.54, 1.807) is 26.8 Å². The van der Waals surface area contributed by atoms with E-state index in [9.17, 15) is 14.4 Å². The first-order chi connectivity index (χ1) is 11.6. The van der Waals surface area contributed by atoms with Gasteiger partial charge in [-0.3, -0.25) is 14.9 Å². The highest BCUT2D eigenvalue weighted by atomic mass is 16.6. The zero-order valence-electron chi connectivity index (χ0n) is 15.0. The van der Waals surface area contributed by atoms with Gasteiger partial charge in [0.25, 0.3) is 0 Å². The van der Waals surface area contributed by atoms with Crippen molar-refractivity contribution in [3.63, 3.8) is 0 Å². The van der Waals surface area contributed by atoms with Gasteiger partial charge in [0, 0.05) is 6.07 Å². The molecular formula is C17H23NO7. The number of hydrogen-bond acceptors (Lipinski definition) is 7. The molecule has 0 spiro atoms. The minimum Gasteiger partial charge on any atom is -0.497 e. The Morgan fingerprint density at radius 2 is 1.68 bits per heavy atom. The highest BCUT2D eigenvalue weighted by Gasteiger charge is 2.19. The van der Waals surface area contributed by atoms with Crippen LogP contribution in [0.1, 0.15) is 33.6 Å². The highest BCUT2D eigenvalue weighted by molar-refractivity contribution is 5.88. The molecule has 1 amide bonds. The van der Waals surface area contributed by atoms with E-state index in [1.165, 1.54) is 26.4 Å². The predicted molar refractivity (Wildman–Crippen MR) is 89.7 cm³/mol. The van der Waals surface area contributed by atoms with Crippen LogP contribution in [0.3, 0.4) is 0 Å². The van der Waals surface area contributed by atoms with Gasteiger partial charge in [-0.05, 0) is 32.9 Å². The molecule has 0 aromatic heterocycles. The first-order valence-electron chi connectivity index (χ1n) is 7.60. The van der Waals surface area contributed by atoms with Gasteiger partial charge >= 0.3 is 18.0 Å². The Labute approximate surface area is 146 Å². The maximum absolute atomic E-state index is 11.9. The largest absolute Gasteiger partial charge is 0.497 e. The van der Waals surface area contributed by atoms with Gasteiger partial charge in [-0.15, -0.1) is 0 Å². The standard InChI is InChI=1S/C17H23NO7/c1-17(2,3)25-16(21)18-12-7-6-11(22-4)10-13(12)24-15(20)9-8-14(19)23-5/h6-7,10H,8-9H2,1-5H3,(H,18,21). The summed E-state index contributed by atoms with van der Waals surface area (Å²) in [5.74, 6) is -0.647. The smallest absolute Gasteiger partial charge is 0.412 e. The number of anilines is 1. The first-order valence-corrected chi connectivity index (χ1v) is 7.60. The van der Waals surface area contributed by atoms with Crippen molar-refractivity contribution in [2.24, 2.45) is 0 Å². The number of esters is 2. The van der Waals surface area contributed by atoms with Gasteiger partial charge in [0.1, 0.15) is 11.4 Å². The lowest BCUT2D eigenvalue weighted by Gasteiger charge is -2.20. The van der Waals surface area contributed by atoms with Crippen molar-refractivity contribution in [2.45, 2.75) is 39.2 Å². The molecule has 0 saturated carbocycles. The second kappa shape index (κ2) is 8.91. The number of carbonyl (C=O) groups is 3. The van der Waals surface area contributed by atoms with Crippen LogP contribution in [0.4, 0.5) is 10.5 Å². The van der Waals surface area contributed by atoms with E-state index in [1.807, 2.05) is 0 Å². The minimum absolute atomic E-state index is 0.0834. The molecule has 25 heavy (non-hydrogen) atoms. The highest BCUT2D eigenvalue weighted by Crippen LogP contribution is 2.30. The Morgan fingerprint density at radius 3 is 2.24 bits per heavy atom. The van der Waals surface area contributed by atoms with Crippen molar-refractivity contribution >= 4 is 23.7 Å². The third-order valence-corrected chi connectivity index (χ3v) is 2.81. The first kappa shape index (κ1) is 20.3. The van der Waals surface area contributed by atoms with Crippen molar-refractivity contribution in [2.75, 3.05) is 19.5 Å². The van der Waals surface area contributed by atoms with Crippen LogP contribution in [0, 0.1) is 0 Å². The summed E-state index contributed by atoms with van der Waals surface area (Å²) in [4.78, 5) is 34.9. The lowest BCUT2D eigenvalue weighted by Crippen LogP contribution is -2.27. The average molecular weight is 353 g/mol. The summed E-state index contributed by atoms with van der Waals surface area (Å²) in [6, 6.07) is 4.56. The van der Waals surface area contributed by atoms with Crippen molar-refractivity contribution in [1.29, 1.82) is 0 Å².